The normalized spacial score (nSPS) is 14.1. The molecule has 1 atom stereocenters. The second-order valence-electron chi connectivity index (χ2n) is 5.12. The van der Waals surface area contributed by atoms with Gasteiger partial charge in [-0.25, -0.2) is 0 Å². The summed E-state index contributed by atoms with van der Waals surface area (Å²) in [4.78, 5) is 1.28. The molecule has 1 rings (SSSR count). The molecule has 0 saturated heterocycles. The monoisotopic (exact) mass is 260 g/mol. The van der Waals surface area contributed by atoms with Crippen LogP contribution in [0.2, 0.25) is 4.34 Å². The Hall–Kier alpha value is -0.0900. The van der Waals surface area contributed by atoms with Gasteiger partial charge in [-0.3, -0.25) is 0 Å². The highest BCUT2D eigenvalue weighted by Gasteiger charge is 2.10. The van der Waals surface area contributed by atoms with E-state index in [0.717, 1.165) is 17.4 Å². The molecule has 1 aromatic rings. The first kappa shape index (κ1) is 14.0. The van der Waals surface area contributed by atoms with Crippen molar-refractivity contribution in [3.05, 3.63) is 21.3 Å². The Kier molecular flexibility index (Phi) is 5.25. The van der Waals surface area contributed by atoms with Gasteiger partial charge >= 0.3 is 0 Å². The molecule has 0 aliphatic heterocycles. The number of rotatable bonds is 5. The molecule has 1 unspecified atom stereocenters. The summed E-state index contributed by atoms with van der Waals surface area (Å²) in [5.41, 5.74) is 0.183. The molecule has 0 fully saturated rings. The zero-order chi connectivity index (χ0) is 12.2. The Morgan fingerprint density at radius 2 is 2.06 bits per heavy atom. The summed E-state index contributed by atoms with van der Waals surface area (Å²) in [5, 5.41) is 6.95. The molecule has 2 nitrogen and oxygen atoms in total. The minimum atomic E-state index is 0.183. The summed E-state index contributed by atoms with van der Waals surface area (Å²) in [6, 6.07) is 4.48. The molecule has 0 radical (unpaired) electrons. The first-order chi connectivity index (χ1) is 7.37. The van der Waals surface area contributed by atoms with E-state index in [2.05, 4.69) is 44.4 Å². The van der Waals surface area contributed by atoms with Gasteiger partial charge in [-0.15, -0.1) is 11.3 Å². The van der Waals surface area contributed by atoms with Gasteiger partial charge in [0.25, 0.3) is 0 Å². The maximum atomic E-state index is 5.88. The fourth-order valence-corrected chi connectivity index (χ4v) is 2.29. The first-order valence-electron chi connectivity index (χ1n) is 5.59. The van der Waals surface area contributed by atoms with Gasteiger partial charge in [0.1, 0.15) is 0 Å². The summed E-state index contributed by atoms with van der Waals surface area (Å²) in [6.45, 7) is 10.6. The predicted octanol–water partition coefficient (Wildman–Crippen LogP) is 3.27. The van der Waals surface area contributed by atoms with Crippen molar-refractivity contribution in [2.75, 3.05) is 6.54 Å². The third kappa shape index (κ3) is 5.85. The molecule has 0 saturated carbocycles. The molecule has 0 spiro atoms. The van der Waals surface area contributed by atoms with Crippen LogP contribution >= 0.6 is 22.9 Å². The molecule has 1 heterocycles. The Labute approximate surface area is 107 Å². The lowest BCUT2D eigenvalue weighted by molar-refractivity contribution is 0.388. The van der Waals surface area contributed by atoms with Crippen LogP contribution in [0.25, 0.3) is 0 Å². The third-order valence-electron chi connectivity index (χ3n) is 2.19. The van der Waals surface area contributed by atoms with Gasteiger partial charge in [-0.1, -0.05) is 11.6 Å². The van der Waals surface area contributed by atoms with Crippen molar-refractivity contribution in [2.45, 2.75) is 45.8 Å². The van der Waals surface area contributed by atoms with Gasteiger partial charge in [0.2, 0.25) is 0 Å². The molecule has 1 aromatic heterocycles. The maximum absolute atomic E-state index is 5.88. The van der Waals surface area contributed by atoms with Crippen LogP contribution in [0.1, 0.15) is 32.6 Å². The van der Waals surface area contributed by atoms with Gasteiger partial charge in [-0.05, 0) is 39.8 Å². The maximum Gasteiger partial charge on any atom is 0.0931 e. The van der Waals surface area contributed by atoms with E-state index in [0.29, 0.717) is 6.04 Å². The molecule has 4 heteroatoms. The van der Waals surface area contributed by atoms with E-state index in [-0.39, 0.29) is 5.54 Å². The van der Waals surface area contributed by atoms with Crippen molar-refractivity contribution in [1.29, 1.82) is 0 Å². The largest absolute Gasteiger partial charge is 0.311 e. The highest BCUT2D eigenvalue weighted by Crippen LogP contribution is 2.21. The number of hydrogen-bond donors (Lipinski definition) is 2. The van der Waals surface area contributed by atoms with Crippen LogP contribution in [0.3, 0.4) is 0 Å². The van der Waals surface area contributed by atoms with Gasteiger partial charge in [0.05, 0.1) is 4.34 Å². The van der Waals surface area contributed by atoms with E-state index in [1.165, 1.54) is 4.88 Å². The summed E-state index contributed by atoms with van der Waals surface area (Å²) < 4.78 is 0.859. The average molecular weight is 261 g/mol. The fraction of sp³-hybridized carbons (Fsp3) is 0.667. The molecule has 0 bridgehead atoms. The zero-order valence-corrected chi connectivity index (χ0v) is 12.0. The van der Waals surface area contributed by atoms with Crippen molar-refractivity contribution in [1.82, 2.24) is 10.6 Å². The average Bonchev–Trinajstić information content (AvgIpc) is 2.57. The van der Waals surface area contributed by atoms with Gasteiger partial charge in [-0.2, -0.15) is 0 Å². The number of thiophene rings is 1. The predicted molar refractivity (Wildman–Crippen MR) is 73.4 cm³/mol. The van der Waals surface area contributed by atoms with Crippen LogP contribution in [0, 0.1) is 0 Å². The molecule has 2 N–H and O–H groups in total. The number of nitrogens with one attached hydrogen (secondary N) is 2. The molecule has 0 amide bonds. The Morgan fingerprint density at radius 1 is 1.38 bits per heavy atom. The molecule has 0 aromatic carbocycles. The summed E-state index contributed by atoms with van der Waals surface area (Å²) >= 11 is 7.51. The lowest BCUT2D eigenvalue weighted by Gasteiger charge is -2.23. The number of hydrogen-bond acceptors (Lipinski definition) is 3. The highest BCUT2D eigenvalue weighted by atomic mass is 35.5. The second kappa shape index (κ2) is 6.01. The van der Waals surface area contributed by atoms with E-state index in [9.17, 15) is 0 Å². The third-order valence-corrected chi connectivity index (χ3v) is 3.42. The molecule has 0 aliphatic carbocycles. The van der Waals surface area contributed by atoms with Crippen LogP contribution in [0.5, 0.6) is 0 Å². The first-order valence-corrected chi connectivity index (χ1v) is 6.79. The van der Waals surface area contributed by atoms with Crippen molar-refractivity contribution in [3.63, 3.8) is 0 Å². The fourth-order valence-electron chi connectivity index (χ4n) is 1.25. The summed E-state index contributed by atoms with van der Waals surface area (Å²) in [7, 11) is 0. The Balaban J connectivity index is 2.22. The zero-order valence-electron chi connectivity index (χ0n) is 10.4. The molecular formula is C12H21ClN2S. The van der Waals surface area contributed by atoms with E-state index >= 15 is 0 Å². The van der Waals surface area contributed by atoms with E-state index in [1.807, 2.05) is 6.07 Å². The summed E-state index contributed by atoms with van der Waals surface area (Å²) in [6.07, 6.45) is 0. The van der Waals surface area contributed by atoms with Crippen LogP contribution in [0.15, 0.2) is 12.1 Å². The van der Waals surface area contributed by atoms with Crippen LogP contribution in [-0.4, -0.2) is 18.1 Å². The molecule has 92 valence electrons. The topological polar surface area (TPSA) is 24.1 Å². The van der Waals surface area contributed by atoms with Gasteiger partial charge < -0.3 is 10.6 Å². The summed E-state index contributed by atoms with van der Waals surface area (Å²) in [5.74, 6) is 0. The van der Waals surface area contributed by atoms with Crippen molar-refractivity contribution in [2.24, 2.45) is 0 Å². The minimum absolute atomic E-state index is 0.183. The number of halogens is 1. The minimum Gasteiger partial charge on any atom is -0.311 e. The lowest BCUT2D eigenvalue weighted by Crippen LogP contribution is -2.44. The quantitative estimate of drug-likeness (QED) is 0.849. The van der Waals surface area contributed by atoms with Crippen LogP contribution < -0.4 is 10.6 Å². The van der Waals surface area contributed by atoms with E-state index in [1.54, 1.807) is 11.3 Å². The molecule has 16 heavy (non-hydrogen) atoms. The van der Waals surface area contributed by atoms with Crippen molar-refractivity contribution in [3.8, 4) is 0 Å². The Morgan fingerprint density at radius 3 is 2.56 bits per heavy atom. The smallest absolute Gasteiger partial charge is 0.0931 e. The van der Waals surface area contributed by atoms with Crippen LogP contribution in [0.4, 0.5) is 0 Å². The van der Waals surface area contributed by atoms with Crippen molar-refractivity contribution >= 4 is 22.9 Å². The standard InChI is InChI=1S/C12H21ClN2S/c1-9(7-15-12(2,3)4)14-8-10-5-6-11(13)16-10/h5-6,9,14-15H,7-8H2,1-4H3. The van der Waals surface area contributed by atoms with Crippen LogP contribution in [-0.2, 0) is 6.54 Å². The lowest BCUT2D eigenvalue weighted by atomic mass is 10.1. The van der Waals surface area contributed by atoms with E-state index < -0.39 is 0 Å². The van der Waals surface area contributed by atoms with Gasteiger partial charge in [0, 0.05) is 29.5 Å². The van der Waals surface area contributed by atoms with Gasteiger partial charge in [0.15, 0.2) is 0 Å². The second-order valence-corrected chi connectivity index (χ2v) is 6.92. The molecule has 0 aliphatic rings. The van der Waals surface area contributed by atoms with Crippen molar-refractivity contribution < 1.29 is 0 Å². The SMILES string of the molecule is CC(CNC(C)(C)C)NCc1ccc(Cl)s1. The highest BCUT2D eigenvalue weighted by molar-refractivity contribution is 7.16. The Bertz CT molecular complexity index is 317. The van der Waals surface area contributed by atoms with E-state index in [4.69, 9.17) is 11.6 Å². The molecular weight excluding hydrogens is 240 g/mol.